The third kappa shape index (κ3) is 4.20. The van der Waals surface area contributed by atoms with Crippen LogP contribution in [0.15, 0.2) is 55.1 Å². The summed E-state index contributed by atoms with van der Waals surface area (Å²) in [6, 6.07) is 13.5. The van der Waals surface area contributed by atoms with Crippen molar-refractivity contribution in [3.63, 3.8) is 0 Å². The summed E-state index contributed by atoms with van der Waals surface area (Å²) in [6.45, 7) is 9.66. The molecule has 1 aliphatic rings. The van der Waals surface area contributed by atoms with Crippen molar-refractivity contribution in [1.82, 2.24) is 4.90 Å². The van der Waals surface area contributed by atoms with E-state index in [1.807, 2.05) is 11.0 Å². The van der Waals surface area contributed by atoms with Gasteiger partial charge in [-0.2, -0.15) is 0 Å². The van der Waals surface area contributed by atoms with Crippen LogP contribution >= 0.6 is 11.6 Å². The molecule has 1 amide bonds. The standard InChI is InChI=1S/C21H24ClN3O/c1-3-10-23-20-15-19(9-4-16(20)2)24-11-13-25(14-12-24)21(26)17-5-7-18(22)8-6-17/h3-9,15,23H,1,10-14H2,2H3. The number of hydrogen-bond donors (Lipinski definition) is 1. The number of rotatable bonds is 5. The zero-order valence-electron chi connectivity index (χ0n) is 15.0. The number of amides is 1. The van der Waals surface area contributed by atoms with Crippen LogP contribution in [0.4, 0.5) is 11.4 Å². The Morgan fingerprint density at radius 3 is 2.50 bits per heavy atom. The smallest absolute Gasteiger partial charge is 0.253 e. The van der Waals surface area contributed by atoms with Crippen LogP contribution in [-0.2, 0) is 0 Å². The van der Waals surface area contributed by atoms with Gasteiger partial charge in [0.25, 0.3) is 5.91 Å². The lowest BCUT2D eigenvalue weighted by molar-refractivity contribution is 0.0747. The number of benzene rings is 2. The fourth-order valence-corrected chi connectivity index (χ4v) is 3.25. The van der Waals surface area contributed by atoms with Gasteiger partial charge in [0.2, 0.25) is 0 Å². The first-order valence-corrected chi connectivity index (χ1v) is 9.21. The molecular weight excluding hydrogens is 346 g/mol. The molecule has 2 aromatic carbocycles. The zero-order chi connectivity index (χ0) is 18.5. The molecule has 1 fully saturated rings. The average molecular weight is 370 g/mol. The van der Waals surface area contributed by atoms with Crippen molar-refractivity contribution in [2.24, 2.45) is 0 Å². The Kier molecular flexibility index (Phi) is 5.84. The van der Waals surface area contributed by atoms with E-state index < -0.39 is 0 Å². The normalized spacial score (nSPS) is 14.2. The molecule has 4 nitrogen and oxygen atoms in total. The first-order chi connectivity index (χ1) is 12.6. The molecule has 26 heavy (non-hydrogen) atoms. The predicted octanol–water partition coefficient (Wildman–Crippen LogP) is 4.21. The van der Waals surface area contributed by atoms with E-state index >= 15 is 0 Å². The number of nitrogens with zero attached hydrogens (tertiary/aromatic N) is 2. The van der Waals surface area contributed by atoms with Gasteiger partial charge in [-0.3, -0.25) is 4.79 Å². The molecule has 0 saturated carbocycles. The Morgan fingerprint density at radius 1 is 1.15 bits per heavy atom. The van der Waals surface area contributed by atoms with Crippen molar-refractivity contribution >= 4 is 28.9 Å². The number of anilines is 2. The van der Waals surface area contributed by atoms with Gasteiger partial charge in [0, 0.05) is 54.7 Å². The molecular formula is C21H24ClN3O. The van der Waals surface area contributed by atoms with Gasteiger partial charge in [0.15, 0.2) is 0 Å². The second kappa shape index (κ2) is 8.28. The second-order valence-electron chi connectivity index (χ2n) is 6.45. The average Bonchev–Trinajstić information content (AvgIpc) is 2.67. The Morgan fingerprint density at radius 2 is 1.85 bits per heavy atom. The van der Waals surface area contributed by atoms with E-state index in [1.54, 1.807) is 24.3 Å². The van der Waals surface area contributed by atoms with E-state index in [4.69, 9.17) is 11.6 Å². The number of hydrogen-bond acceptors (Lipinski definition) is 3. The minimum absolute atomic E-state index is 0.0681. The molecule has 0 bridgehead atoms. The van der Waals surface area contributed by atoms with Gasteiger partial charge < -0.3 is 15.1 Å². The molecule has 1 N–H and O–H groups in total. The number of carbonyl (C=O) groups is 1. The molecule has 3 rings (SSSR count). The summed E-state index contributed by atoms with van der Waals surface area (Å²) < 4.78 is 0. The fraction of sp³-hybridized carbons (Fsp3) is 0.286. The Balaban J connectivity index is 1.64. The molecule has 1 heterocycles. The summed E-state index contributed by atoms with van der Waals surface area (Å²) in [5.74, 6) is 0.0681. The Labute approximate surface area is 160 Å². The van der Waals surface area contributed by atoms with Crippen LogP contribution in [0.5, 0.6) is 0 Å². The van der Waals surface area contributed by atoms with Crippen molar-refractivity contribution in [3.05, 3.63) is 71.3 Å². The van der Waals surface area contributed by atoms with E-state index in [1.165, 1.54) is 11.3 Å². The van der Waals surface area contributed by atoms with Gasteiger partial charge in [-0.05, 0) is 48.9 Å². The highest BCUT2D eigenvalue weighted by molar-refractivity contribution is 6.30. The highest BCUT2D eigenvalue weighted by Crippen LogP contribution is 2.24. The van der Waals surface area contributed by atoms with E-state index in [0.717, 1.165) is 25.3 Å². The van der Waals surface area contributed by atoms with Crippen LogP contribution < -0.4 is 10.2 Å². The first kappa shape index (κ1) is 18.3. The van der Waals surface area contributed by atoms with Crippen LogP contribution in [0.3, 0.4) is 0 Å². The number of piperazine rings is 1. The van der Waals surface area contributed by atoms with Crippen LogP contribution in [-0.4, -0.2) is 43.5 Å². The lowest BCUT2D eigenvalue weighted by atomic mass is 10.1. The van der Waals surface area contributed by atoms with Crippen LogP contribution in [0.1, 0.15) is 15.9 Å². The summed E-state index contributed by atoms with van der Waals surface area (Å²) in [6.07, 6.45) is 1.85. The molecule has 2 aromatic rings. The number of aryl methyl sites for hydroxylation is 1. The van der Waals surface area contributed by atoms with Crippen LogP contribution in [0.2, 0.25) is 5.02 Å². The minimum atomic E-state index is 0.0681. The maximum atomic E-state index is 12.6. The monoisotopic (exact) mass is 369 g/mol. The molecule has 5 heteroatoms. The van der Waals surface area contributed by atoms with Crippen molar-refractivity contribution in [2.75, 3.05) is 42.9 Å². The van der Waals surface area contributed by atoms with Crippen molar-refractivity contribution < 1.29 is 4.79 Å². The lowest BCUT2D eigenvalue weighted by Gasteiger charge is -2.36. The van der Waals surface area contributed by atoms with Gasteiger partial charge in [-0.1, -0.05) is 23.7 Å². The van der Waals surface area contributed by atoms with Crippen molar-refractivity contribution in [2.45, 2.75) is 6.92 Å². The molecule has 1 saturated heterocycles. The molecule has 0 radical (unpaired) electrons. The highest BCUT2D eigenvalue weighted by atomic mass is 35.5. The Bertz CT molecular complexity index is 780. The number of nitrogens with one attached hydrogen (secondary N) is 1. The first-order valence-electron chi connectivity index (χ1n) is 8.83. The summed E-state index contributed by atoms with van der Waals surface area (Å²) in [5, 5.41) is 4.02. The molecule has 0 aliphatic carbocycles. The van der Waals surface area contributed by atoms with Gasteiger partial charge in [-0.25, -0.2) is 0 Å². The predicted molar refractivity (Wildman–Crippen MR) is 109 cm³/mol. The molecule has 1 aliphatic heterocycles. The molecule has 0 unspecified atom stereocenters. The van der Waals surface area contributed by atoms with Gasteiger partial charge in [0.05, 0.1) is 0 Å². The van der Waals surface area contributed by atoms with Gasteiger partial charge >= 0.3 is 0 Å². The van der Waals surface area contributed by atoms with E-state index in [2.05, 4.69) is 41.9 Å². The van der Waals surface area contributed by atoms with E-state index in [9.17, 15) is 4.79 Å². The zero-order valence-corrected chi connectivity index (χ0v) is 15.8. The quantitative estimate of drug-likeness (QED) is 0.802. The van der Waals surface area contributed by atoms with Crippen molar-refractivity contribution in [3.8, 4) is 0 Å². The maximum absolute atomic E-state index is 12.6. The summed E-state index contributed by atoms with van der Waals surface area (Å²) in [7, 11) is 0. The van der Waals surface area contributed by atoms with Crippen LogP contribution in [0.25, 0.3) is 0 Å². The number of halogens is 1. The lowest BCUT2D eigenvalue weighted by Crippen LogP contribution is -2.48. The second-order valence-corrected chi connectivity index (χ2v) is 6.89. The fourth-order valence-electron chi connectivity index (χ4n) is 3.12. The van der Waals surface area contributed by atoms with Crippen LogP contribution in [0, 0.1) is 6.92 Å². The highest BCUT2D eigenvalue weighted by Gasteiger charge is 2.22. The summed E-state index contributed by atoms with van der Waals surface area (Å²) in [4.78, 5) is 16.8. The van der Waals surface area contributed by atoms with Crippen molar-refractivity contribution in [1.29, 1.82) is 0 Å². The maximum Gasteiger partial charge on any atom is 0.253 e. The molecule has 0 atom stereocenters. The van der Waals surface area contributed by atoms with Gasteiger partial charge in [0.1, 0.15) is 0 Å². The molecule has 0 aromatic heterocycles. The third-order valence-electron chi connectivity index (χ3n) is 4.68. The largest absolute Gasteiger partial charge is 0.381 e. The SMILES string of the molecule is C=CCNc1cc(N2CCN(C(=O)c3ccc(Cl)cc3)CC2)ccc1C. The summed E-state index contributed by atoms with van der Waals surface area (Å²) in [5.41, 5.74) is 4.21. The molecule has 136 valence electrons. The number of carbonyl (C=O) groups excluding carboxylic acids is 1. The minimum Gasteiger partial charge on any atom is -0.381 e. The topological polar surface area (TPSA) is 35.6 Å². The summed E-state index contributed by atoms with van der Waals surface area (Å²) >= 11 is 5.90. The third-order valence-corrected chi connectivity index (χ3v) is 4.93. The van der Waals surface area contributed by atoms with E-state index in [0.29, 0.717) is 23.7 Å². The molecule has 0 spiro atoms. The van der Waals surface area contributed by atoms with E-state index in [-0.39, 0.29) is 5.91 Å². The van der Waals surface area contributed by atoms with Gasteiger partial charge in [-0.15, -0.1) is 6.58 Å². The Hall–Kier alpha value is -2.46.